The van der Waals surface area contributed by atoms with E-state index in [0.717, 1.165) is 0 Å². The molecule has 0 aromatic heterocycles. The summed E-state index contributed by atoms with van der Waals surface area (Å²) in [6.45, 7) is 1.94. The summed E-state index contributed by atoms with van der Waals surface area (Å²) >= 11 is 0. The average molecular weight is 212 g/mol. The van der Waals surface area contributed by atoms with E-state index < -0.39 is 36.0 Å². The maximum atomic E-state index is 11.6. The molecule has 0 radical (unpaired) electrons. The van der Waals surface area contributed by atoms with Crippen molar-refractivity contribution < 1.29 is 24.2 Å². The second-order valence-corrected chi connectivity index (χ2v) is 3.59. The second kappa shape index (κ2) is 3.66. The molecule has 0 aliphatic carbocycles. The van der Waals surface area contributed by atoms with Crippen LogP contribution in [0.5, 0.6) is 0 Å². The van der Waals surface area contributed by atoms with Gasteiger partial charge in [0.2, 0.25) is 0 Å². The summed E-state index contributed by atoms with van der Waals surface area (Å²) in [7, 11) is 0. The van der Waals surface area contributed by atoms with Crippen LogP contribution in [0.1, 0.15) is 6.92 Å². The van der Waals surface area contributed by atoms with Crippen molar-refractivity contribution >= 4 is 11.9 Å². The van der Waals surface area contributed by atoms with E-state index in [2.05, 4.69) is 0 Å². The lowest BCUT2D eigenvalue weighted by Gasteiger charge is -2.19. The minimum atomic E-state index is -1.01. The molecule has 2 aliphatic heterocycles. The maximum Gasteiger partial charge on any atom is 0.312 e. The first-order valence-corrected chi connectivity index (χ1v) is 4.88. The molecule has 5 heteroatoms. The molecular weight excluding hydrogens is 200 g/mol. The number of rotatable bonds is 3. The Morgan fingerprint density at radius 2 is 1.93 bits per heavy atom. The van der Waals surface area contributed by atoms with Crippen LogP contribution < -0.4 is 0 Å². The SMILES string of the molecule is CCOC(=O)[C@H]1[C@@H](C(=O)O)[C@@H]2C=C[C@H]1O2. The highest BCUT2D eigenvalue weighted by Crippen LogP contribution is 2.39. The van der Waals surface area contributed by atoms with Crippen LogP contribution in [0.3, 0.4) is 0 Å². The molecule has 0 unspecified atom stereocenters. The molecule has 1 N–H and O–H groups in total. The molecule has 15 heavy (non-hydrogen) atoms. The predicted octanol–water partition coefficient (Wildman–Crippen LogP) is 0.204. The van der Waals surface area contributed by atoms with Gasteiger partial charge in [0.25, 0.3) is 0 Å². The zero-order chi connectivity index (χ0) is 11.0. The first kappa shape index (κ1) is 10.2. The molecule has 0 saturated carbocycles. The smallest absolute Gasteiger partial charge is 0.312 e. The van der Waals surface area contributed by atoms with Crippen molar-refractivity contribution in [3.8, 4) is 0 Å². The van der Waals surface area contributed by atoms with Crippen molar-refractivity contribution in [2.45, 2.75) is 19.1 Å². The molecule has 2 rings (SSSR count). The third kappa shape index (κ3) is 1.52. The molecule has 82 valence electrons. The van der Waals surface area contributed by atoms with Gasteiger partial charge in [0.15, 0.2) is 0 Å². The molecule has 0 amide bonds. The van der Waals surface area contributed by atoms with Crippen molar-refractivity contribution in [1.82, 2.24) is 0 Å². The number of hydrogen-bond donors (Lipinski definition) is 1. The lowest BCUT2D eigenvalue weighted by Crippen LogP contribution is -2.37. The predicted molar refractivity (Wildman–Crippen MR) is 49.0 cm³/mol. The topological polar surface area (TPSA) is 72.8 Å². The third-order valence-electron chi connectivity index (χ3n) is 2.74. The highest BCUT2D eigenvalue weighted by atomic mass is 16.5. The Labute approximate surface area is 86.7 Å². The Hall–Kier alpha value is -1.36. The molecule has 1 saturated heterocycles. The summed E-state index contributed by atoms with van der Waals surface area (Å²) in [6, 6.07) is 0. The third-order valence-corrected chi connectivity index (χ3v) is 2.74. The van der Waals surface area contributed by atoms with Gasteiger partial charge >= 0.3 is 11.9 Å². The molecule has 0 aromatic carbocycles. The highest BCUT2D eigenvalue weighted by molar-refractivity contribution is 5.84. The number of carboxylic acid groups (broad SMARTS) is 1. The minimum absolute atomic E-state index is 0.253. The zero-order valence-electron chi connectivity index (χ0n) is 8.25. The molecule has 0 aromatic rings. The van der Waals surface area contributed by atoms with Gasteiger partial charge in [0, 0.05) is 0 Å². The second-order valence-electron chi connectivity index (χ2n) is 3.59. The molecule has 2 bridgehead atoms. The Morgan fingerprint density at radius 1 is 1.33 bits per heavy atom. The monoisotopic (exact) mass is 212 g/mol. The first-order valence-electron chi connectivity index (χ1n) is 4.88. The number of hydrogen-bond acceptors (Lipinski definition) is 4. The van der Waals surface area contributed by atoms with E-state index >= 15 is 0 Å². The van der Waals surface area contributed by atoms with Gasteiger partial charge < -0.3 is 14.6 Å². The lowest BCUT2D eigenvalue weighted by molar-refractivity contribution is -0.156. The molecule has 2 heterocycles. The zero-order valence-corrected chi connectivity index (χ0v) is 8.25. The summed E-state index contributed by atoms with van der Waals surface area (Å²) in [4.78, 5) is 22.5. The fraction of sp³-hybridized carbons (Fsp3) is 0.600. The highest BCUT2D eigenvalue weighted by Gasteiger charge is 2.53. The Kier molecular flexibility index (Phi) is 2.48. The van der Waals surface area contributed by atoms with E-state index in [-0.39, 0.29) is 6.61 Å². The van der Waals surface area contributed by atoms with E-state index in [0.29, 0.717) is 0 Å². The quantitative estimate of drug-likeness (QED) is 0.534. The molecule has 5 nitrogen and oxygen atoms in total. The Bertz CT molecular complexity index is 322. The molecule has 4 atom stereocenters. The van der Waals surface area contributed by atoms with Crippen LogP contribution >= 0.6 is 0 Å². The molecule has 0 spiro atoms. The van der Waals surface area contributed by atoms with Crippen molar-refractivity contribution in [2.75, 3.05) is 6.61 Å². The van der Waals surface area contributed by atoms with Crippen LogP contribution in [0.15, 0.2) is 12.2 Å². The van der Waals surface area contributed by atoms with E-state index in [9.17, 15) is 9.59 Å². The number of carboxylic acids is 1. The number of fused-ring (bicyclic) bond motifs is 2. The number of carbonyl (C=O) groups is 2. The van der Waals surface area contributed by atoms with Crippen LogP contribution in [0.4, 0.5) is 0 Å². The van der Waals surface area contributed by atoms with Crippen LogP contribution in [-0.4, -0.2) is 35.9 Å². The fourth-order valence-electron chi connectivity index (χ4n) is 2.12. The summed E-state index contributed by atoms with van der Waals surface area (Å²) < 4.78 is 10.2. The minimum Gasteiger partial charge on any atom is -0.481 e. The van der Waals surface area contributed by atoms with Gasteiger partial charge in [-0.1, -0.05) is 12.2 Å². The summed E-state index contributed by atoms with van der Waals surface area (Å²) in [6.07, 6.45) is 2.50. The van der Waals surface area contributed by atoms with Gasteiger partial charge in [-0.15, -0.1) is 0 Å². The van der Waals surface area contributed by atoms with Crippen LogP contribution in [0.2, 0.25) is 0 Å². The fourth-order valence-corrected chi connectivity index (χ4v) is 2.12. The van der Waals surface area contributed by atoms with Gasteiger partial charge in [-0.05, 0) is 6.92 Å². The molecule has 1 fully saturated rings. The normalized spacial score (nSPS) is 36.9. The van der Waals surface area contributed by atoms with Crippen molar-refractivity contribution in [3.63, 3.8) is 0 Å². The van der Waals surface area contributed by atoms with E-state index in [1.165, 1.54) is 0 Å². The molecule has 2 aliphatic rings. The van der Waals surface area contributed by atoms with Gasteiger partial charge in [-0.3, -0.25) is 9.59 Å². The number of carbonyl (C=O) groups excluding carboxylic acids is 1. The van der Waals surface area contributed by atoms with E-state index in [1.807, 2.05) is 0 Å². The lowest BCUT2D eigenvalue weighted by atomic mass is 9.83. The van der Waals surface area contributed by atoms with Crippen molar-refractivity contribution in [1.29, 1.82) is 0 Å². The largest absolute Gasteiger partial charge is 0.481 e. The summed E-state index contributed by atoms with van der Waals surface area (Å²) in [5.41, 5.74) is 0. The number of esters is 1. The van der Waals surface area contributed by atoms with Gasteiger partial charge in [-0.25, -0.2) is 0 Å². The van der Waals surface area contributed by atoms with Crippen LogP contribution in [-0.2, 0) is 19.1 Å². The van der Waals surface area contributed by atoms with Crippen molar-refractivity contribution in [2.24, 2.45) is 11.8 Å². The standard InChI is InChI=1S/C10H12O5/c1-2-14-10(13)8-6-4-3-5(15-6)7(8)9(11)12/h3-8H,2H2,1H3,(H,11,12)/t5-,6+,7-,8+/m0/s1. The first-order chi connectivity index (χ1) is 7.15. The Morgan fingerprint density at radius 3 is 2.47 bits per heavy atom. The maximum absolute atomic E-state index is 11.6. The number of ether oxygens (including phenoxy) is 2. The van der Waals surface area contributed by atoms with Crippen LogP contribution in [0, 0.1) is 11.8 Å². The molecular formula is C10H12O5. The average Bonchev–Trinajstić information content (AvgIpc) is 2.76. The van der Waals surface area contributed by atoms with Crippen molar-refractivity contribution in [3.05, 3.63) is 12.2 Å². The van der Waals surface area contributed by atoms with Gasteiger partial charge in [0.1, 0.15) is 11.8 Å². The number of aliphatic carboxylic acids is 1. The summed E-state index contributed by atoms with van der Waals surface area (Å²) in [5.74, 6) is -3.00. The van der Waals surface area contributed by atoms with E-state index in [4.69, 9.17) is 14.6 Å². The van der Waals surface area contributed by atoms with E-state index in [1.54, 1.807) is 19.1 Å². The van der Waals surface area contributed by atoms with Gasteiger partial charge in [0.05, 0.1) is 18.8 Å². The van der Waals surface area contributed by atoms with Gasteiger partial charge in [-0.2, -0.15) is 0 Å². The Balaban J connectivity index is 2.19. The van der Waals surface area contributed by atoms with Crippen LogP contribution in [0.25, 0.3) is 0 Å². The summed E-state index contributed by atoms with van der Waals surface area (Å²) in [5, 5.41) is 9.00.